The minimum atomic E-state index is -0.444. The molecule has 102 valence electrons. The Bertz CT molecular complexity index is 396. The van der Waals surface area contributed by atoms with Gasteiger partial charge in [0.1, 0.15) is 0 Å². The number of carbonyl (C=O) groups excluding carboxylic acids is 1. The van der Waals surface area contributed by atoms with Gasteiger partial charge < -0.3 is 10.6 Å². The van der Waals surface area contributed by atoms with Crippen LogP contribution in [-0.2, 0) is 4.79 Å². The molecule has 0 spiro atoms. The number of piperidine rings is 1. The van der Waals surface area contributed by atoms with Gasteiger partial charge in [-0.15, -0.1) is 0 Å². The summed E-state index contributed by atoms with van der Waals surface area (Å²) in [5, 5.41) is 0. The molecule has 2 N–H and O–H groups in total. The van der Waals surface area contributed by atoms with Gasteiger partial charge in [0.25, 0.3) is 0 Å². The lowest BCUT2D eigenvalue weighted by Gasteiger charge is -2.32. The van der Waals surface area contributed by atoms with Crippen molar-refractivity contribution >= 4 is 12.6 Å². The van der Waals surface area contributed by atoms with Crippen molar-refractivity contribution in [3.63, 3.8) is 0 Å². The second-order valence-electron chi connectivity index (χ2n) is 7.42. The van der Waals surface area contributed by atoms with Crippen LogP contribution in [0.5, 0.6) is 0 Å². The fraction of sp³-hybridized carbons (Fsp3) is 0.857. The zero-order valence-corrected chi connectivity index (χ0v) is 12.2. The third-order valence-corrected chi connectivity index (χ3v) is 5.11. The third kappa shape index (κ3) is 1.54. The first kappa shape index (κ1) is 13.5. The number of fused-ring (bicyclic) bond motifs is 1. The fourth-order valence-electron chi connectivity index (χ4n) is 3.31. The normalized spacial score (nSPS) is 35.0. The smallest absolute Gasteiger partial charge is 0.240 e. The van der Waals surface area contributed by atoms with Gasteiger partial charge in [0.15, 0.2) is 0 Å². The molecule has 18 heavy (non-hydrogen) atoms. The lowest BCUT2D eigenvalue weighted by molar-refractivity contribution is -0.134. The third-order valence-electron chi connectivity index (χ3n) is 5.11. The van der Waals surface area contributed by atoms with Crippen molar-refractivity contribution in [2.24, 2.45) is 27.5 Å². The number of hydrogen-bond donors (Lipinski definition) is 1. The van der Waals surface area contributed by atoms with Crippen LogP contribution in [0.3, 0.4) is 0 Å². The quantitative estimate of drug-likeness (QED) is 0.752. The maximum atomic E-state index is 12.4. The van der Waals surface area contributed by atoms with E-state index < -0.39 is 6.04 Å². The van der Waals surface area contributed by atoms with Crippen molar-refractivity contribution in [3.8, 4) is 0 Å². The van der Waals surface area contributed by atoms with Crippen LogP contribution in [-0.4, -0.2) is 42.2 Å². The summed E-state index contributed by atoms with van der Waals surface area (Å²) in [6.07, 6.45) is 0. The van der Waals surface area contributed by atoms with E-state index in [0.717, 1.165) is 6.54 Å². The summed E-state index contributed by atoms with van der Waals surface area (Å²) in [5.74, 6) is 0.493. The van der Waals surface area contributed by atoms with Crippen LogP contribution < -0.4 is 5.73 Å². The average molecular weight is 251 g/mol. The molecule has 4 heteroatoms. The van der Waals surface area contributed by atoms with E-state index in [2.05, 4.69) is 25.6 Å². The number of carbonyl (C=O) groups is 1. The SMILES string of the molecule is C=N[C@]12CN(C(=O)[C@@H](N)C(C)(C)C)C[C@H]1C2(C)C. The van der Waals surface area contributed by atoms with Crippen molar-refractivity contribution in [1.29, 1.82) is 0 Å². The molecular formula is C14H25N3O. The van der Waals surface area contributed by atoms with Gasteiger partial charge in [0.05, 0.1) is 11.6 Å². The number of nitrogens with zero attached hydrogens (tertiary/aromatic N) is 2. The highest BCUT2D eigenvalue weighted by Crippen LogP contribution is 2.67. The van der Waals surface area contributed by atoms with Gasteiger partial charge in [-0.25, -0.2) is 0 Å². The summed E-state index contributed by atoms with van der Waals surface area (Å²) in [6, 6.07) is -0.444. The van der Waals surface area contributed by atoms with Crippen LogP contribution in [0.2, 0.25) is 0 Å². The molecule has 3 atom stereocenters. The Hall–Kier alpha value is -0.900. The molecule has 1 heterocycles. The van der Waals surface area contributed by atoms with E-state index in [0.29, 0.717) is 12.5 Å². The summed E-state index contributed by atoms with van der Waals surface area (Å²) in [7, 11) is 0. The van der Waals surface area contributed by atoms with Gasteiger partial charge in [-0.2, -0.15) is 0 Å². The van der Waals surface area contributed by atoms with Crippen LogP contribution >= 0.6 is 0 Å². The van der Waals surface area contributed by atoms with Crippen LogP contribution in [0, 0.1) is 16.7 Å². The molecule has 0 unspecified atom stereocenters. The van der Waals surface area contributed by atoms with E-state index in [1.54, 1.807) is 0 Å². The van der Waals surface area contributed by atoms with Gasteiger partial charge in [0.2, 0.25) is 5.91 Å². The van der Waals surface area contributed by atoms with Crippen LogP contribution in [0.4, 0.5) is 0 Å². The Morgan fingerprint density at radius 3 is 2.44 bits per heavy atom. The Labute approximate surface area is 110 Å². The second-order valence-corrected chi connectivity index (χ2v) is 7.42. The molecular weight excluding hydrogens is 226 g/mol. The Balaban J connectivity index is 2.09. The van der Waals surface area contributed by atoms with Crippen molar-refractivity contribution in [1.82, 2.24) is 4.90 Å². The molecule has 1 aliphatic carbocycles. The average Bonchev–Trinajstić information content (AvgIpc) is 2.65. The largest absolute Gasteiger partial charge is 0.338 e. The first-order valence-corrected chi connectivity index (χ1v) is 6.60. The summed E-state index contributed by atoms with van der Waals surface area (Å²) in [6.45, 7) is 15.6. The molecule has 2 aliphatic rings. The van der Waals surface area contributed by atoms with Crippen LogP contribution in [0.25, 0.3) is 0 Å². The van der Waals surface area contributed by atoms with Crippen LogP contribution in [0.15, 0.2) is 4.99 Å². The molecule has 1 saturated heterocycles. The standard InChI is InChI=1S/C14H25N3O/c1-12(2,3)10(15)11(18)17-7-9-13(4,5)14(9,8-17)16-6/h9-10H,6-8,15H2,1-5H3/t9-,10+,14+/m0/s1. The molecule has 0 radical (unpaired) electrons. The maximum Gasteiger partial charge on any atom is 0.240 e. The molecule has 1 aliphatic heterocycles. The van der Waals surface area contributed by atoms with E-state index in [4.69, 9.17) is 5.73 Å². The first-order chi connectivity index (χ1) is 8.08. The molecule has 0 aromatic rings. The Morgan fingerprint density at radius 2 is 2.06 bits per heavy atom. The zero-order chi connectivity index (χ0) is 13.9. The first-order valence-electron chi connectivity index (χ1n) is 6.60. The molecule has 2 rings (SSSR count). The number of hydrogen-bond acceptors (Lipinski definition) is 3. The summed E-state index contributed by atoms with van der Waals surface area (Å²) in [5.41, 5.74) is 5.90. The predicted octanol–water partition coefficient (Wildman–Crippen LogP) is 1.30. The number of rotatable bonds is 2. The highest BCUT2D eigenvalue weighted by atomic mass is 16.2. The molecule has 1 amide bonds. The lowest BCUT2D eigenvalue weighted by atomic mass is 9.86. The monoisotopic (exact) mass is 251 g/mol. The Kier molecular flexibility index (Phi) is 2.68. The van der Waals surface area contributed by atoms with Crippen molar-refractivity contribution in [2.75, 3.05) is 13.1 Å². The number of aliphatic imine (C=N–C) groups is 1. The van der Waals surface area contributed by atoms with E-state index in [1.807, 2.05) is 25.7 Å². The van der Waals surface area contributed by atoms with Crippen molar-refractivity contribution in [2.45, 2.75) is 46.2 Å². The van der Waals surface area contributed by atoms with Gasteiger partial charge in [0, 0.05) is 19.0 Å². The highest BCUT2D eigenvalue weighted by Gasteiger charge is 2.75. The van der Waals surface area contributed by atoms with E-state index >= 15 is 0 Å². The summed E-state index contributed by atoms with van der Waals surface area (Å²) < 4.78 is 0. The highest BCUT2D eigenvalue weighted by molar-refractivity contribution is 5.83. The molecule has 1 saturated carbocycles. The number of amides is 1. The molecule has 0 bridgehead atoms. The maximum absolute atomic E-state index is 12.4. The second kappa shape index (κ2) is 3.56. The topological polar surface area (TPSA) is 58.7 Å². The molecule has 0 aromatic heterocycles. The van der Waals surface area contributed by atoms with E-state index in [-0.39, 0.29) is 22.3 Å². The van der Waals surface area contributed by atoms with E-state index in [9.17, 15) is 4.79 Å². The van der Waals surface area contributed by atoms with Gasteiger partial charge >= 0.3 is 0 Å². The van der Waals surface area contributed by atoms with Gasteiger partial charge in [-0.3, -0.25) is 9.79 Å². The number of likely N-dealkylation sites (tertiary alicyclic amines) is 1. The van der Waals surface area contributed by atoms with Gasteiger partial charge in [-0.1, -0.05) is 34.6 Å². The minimum absolute atomic E-state index is 0.0496. The molecule has 0 aromatic carbocycles. The van der Waals surface area contributed by atoms with Crippen molar-refractivity contribution in [3.05, 3.63) is 0 Å². The number of nitrogens with two attached hydrogens (primary N) is 1. The Morgan fingerprint density at radius 1 is 1.50 bits per heavy atom. The molecule has 4 nitrogen and oxygen atoms in total. The van der Waals surface area contributed by atoms with Crippen molar-refractivity contribution < 1.29 is 4.79 Å². The zero-order valence-electron chi connectivity index (χ0n) is 12.2. The van der Waals surface area contributed by atoms with Crippen LogP contribution in [0.1, 0.15) is 34.6 Å². The predicted molar refractivity (Wildman–Crippen MR) is 73.6 cm³/mol. The van der Waals surface area contributed by atoms with Gasteiger partial charge in [-0.05, 0) is 17.5 Å². The summed E-state index contributed by atoms with van der Waals surface area (Å²) in [4.78, 5) is 18.6. The lowest BCUT2D eigenvalue weighted by Crippen LogP contribution is -2.51. The van der Waals surface area contributed by atoms with E-state index in [1.165, 1.54) is 0 Å². The summed E-state index contributed by atoms with van der Waals surface area (Å²) >= 11 is 0. The molecule has 2 fully saturated rings. The minimum Gasteiger partial charge on any atom is -0.338 e. The fourth-order valence-corrected chi connectivity index (χ4v) is 3.31.